The third kappa shape index (κ3) is 4.24. The molecule has 0 unspecified atom stereocenters. The van der Waals surface area contributed by atoms with Crippen molar-refractivity contribution in [3.8, 4) is 11.5 Å². The molecule has 124 valence electrons. The highest BCUT2D eigenvalue weighted by molar-refractivity contribution is 5.33. The fourth-order valence-corrected chi connectivity index (χ4v) is 2.67. The van der Waals surface area contributed by atoms with Gasteiger partial charge in [0.2, 0.25) is 0 Å². The van der Waals surface area contributed by atoms with Crippen molar-refractivity contribution in [1.29, 1.82) is 0 Å². The summed E-state index contributed by atoms with van der Waals surface area (Å²) in [5.74, 6) is 1.71. The molecule has 0 aliphatic heterocycles. The third-order valence-electron chi connectivity index (χ3n) is 3.87. The standard InChI is InChI=1S/C20H23N3O/c1-3-20-17(15-23(2)22-20)14-21-13-16-9-11-19(12-10-16)24-18-7-5-4-6-8-18/h4-12,15,21H,3,13-14H2,1-2H3. The van der Waals surface area contributed by atoms with E-state index < -0.39 is 0 Å². The van der Waals surface area contributed by atoms with E-state index >= 15 is 0 Å². The number of para-hydroxylation sites is 1. The quantitative estimate of drug-likeness (QED) is 0.713. The number of hydrogen-bond acceptors (Lipinski definition) is 3. The molecule has 0 aliphatic rings. The Hall–Kier alpha value is -2.59. The van der Waals surface area contributed by atoms with Crippen LogP contribution in [0.5, 0.6) is 11.5 Å². The monoisotopic (exact) mass is 321 g/mol. The molecular weight excluding hydrogens is 298 g/mol. The average molecular weight is 321 g/mol. The molecule has 1 heterocycles. The number of benzene rings is 2. The van der Waals surface area contributed by atoms with Crippen molar-refractivity contribution in [2.75, 3.05) is 0 Å². The minimum absolute atomic E-state index is 0.823. The summed E-state index contributed by atoms with van der Waals surface area (Å²) in [6.45, 7) is 3.79. The maximum absolute atomic E-state index is 5.81. The number of nitrogens with one attached hydrogen (secondary N) is 1. The number of rotatable bonds is 7. The Morgan fingerprint density at radius 3 is 2.38 bits per heavy atom. The van der Waals surface area contributed by atoms with E-state index in [0.717, 1.165) is 36.7 Å². The van der Waals surface area contributed by atoms with Crippen LogP contribution in [0.4, 0.5) is 0 Å². The van der Waals surface area contributed by atoms with Crippen molar-refractivity contribution in [3.63, 3.8) is 0 Å². The second-order valence-corrected chi connectivity index (χ2v) is 5.79. The minimum Gasteiger partial charge on any atom is -0.457 e. The molecule has 0 spiro atoms. The van der Waals surface area contributed by atoms with Crippen LogP contribution < -0.4 is 10.1 Å². The summed E-state index contributed by atoms with van der Waals surface area (Å²) < 4.78 is 7.69. The van der Waals surface area contributed by atoms with Gasteiger partial charge in [0.15, 0.2) is 0 Å². The van der Waals surface area contributed by atoms with E-state index in [4.69, 9.17) is 4.74 Å². The van der Waals surface area contributed by atoms with Crippen LogP contribution in [0.1, 0.15) is 23.7 Å². The van der Waals surface area contributed by atoms with Gasteiger partial charge in [0.1, 0.15) is 11.5 Å². The van der Waals surface area contributed by atoms with Crippen molar-refractivity contribution in [3.05, 3.63) is 77.6 Å². The van der Waals surface area contributed by atoms with Crippen molar-refractivity contribution in [2.24, 2.45) is 7.05 Å². The molecule has 1 aromatic heterocycles. The molecule has 0 fully saturated rings. The molecule has 0 bridgehead atoms. The third-order valence-corrected chi connectivity index (χ3v) is 3.87. The molecule has 3 rings (SSSR count). The Labute approximate surface area is 143 Å². The van der Waals surface area contributed by atoms with Gasteiger partial charge in [-0.1, -0.05) is 37.3 Å². The number of nitrogens with zero attached hydrogens (tertiary/aromatic N) is 2. The van der Waals surface area contributed by atoms with Gasteiger partial charge < -0.3 is 10.1 Å². The zero-order valence-electron chi connectivity index (χ0n) is 14.2. The lowest BCUT2D eigenvalue weighted by Gasteiger charge is -2.08. The van der Waals surface area contributed by atoms with E-state index in [1.165, 1.54) is 11.1 Å². The fraction of sp³-hybridized carbons (Fsp3) is 0.250. The number of ether oxygens (including phenoxy) is 1. The molecule has 0 atom stereocenters. The van der Waals surface area contributed by atoms with E-state index in [2.05, 4.69) is 35.7 Å². The van der Waals surface area contributed by atoms with Crippen LogP contribution >= 0.6 is 0 Å². The SMILES string of the molecule is CCc1nn(C)cc1CNCc1ccc(Oc2ccccc2)cc1. The zero-order valence-corrected chi connectivity index (χ0v) is 14.2. The Morgan fingerprint density at radius 1 is 0.958 bits per heavy atom. The summed E-state index contributed by atoms with van der Waals surface area (Å²) in [5, 5.41) is 7.95. The summed E-state index contributed by atoms with van der Waals surface area (Å²) in [6, 6.07) is 18.0. The number of aromatic nitrogens is 2. The average Bonchev–Trinajstić information content (AvgIpc) is 2.97. The lowest BCUT2D eigenvalue weighted by atomic mass is 10.2. The molecule has 24 heavy (non-hydrogen) atoms. The Bertz CT molecular complexity index is 763. The minimum atomic E-state index is 0.823. The van der Waals surface area contributed by atoms with Crippen molar-refractivity contribution >= 4 is 0 Å². The normalized spacial score (nSPS) is 10.8. The highest BCUT2D eigenvalue weighted by atomic mass is 16.5. The molecule has 4 heteroatoms. The van der Waals surface area contributed by atoms with E-state index in [1.807, 2.05) is 54.2 Å². The van der Waals surface area contributed by atoms with Gasteiger partial charge in [0.05, 0.1) is 5.69 Å². The second-order valence-electron chi connectivity index (χ2n) is 5.79. The van der Waals surface area contributed by atoms with Crippen LogP contribution in [0.15, 0.2) is 60.8 Å². The van der Waals surface area contributed by atoms with Gasteiger partial charge in [0, 0.05) is 31.9 Å². The lowest BCUT2D eigenvalue weighted by molar-refractivity contribution is 0.482. The van der Waals surface area contributed by atoms with Crippen molar-refractivity contribution in [2.45, 2.75) is 26.4 Å². The molecule has 0 saturated heterocycles. The molecule has 4 nitrogen and oxygen atoms in total. The van der Waals surface area contributed by atoms with Crippen LogP contribution in [-0.4, -0.2) is 9.78 Å². The highest BCUT2D eigenvalue weighted by Gasteiger charge is 2.05. The van der Waals surface area contributed by atoms with Gasteiger partial charge in [0.25, 0.3) is 0 Å². The summed E-state index contributed by atoms with van der Waals surface area (Å²) >= 11 is 0. The summed E-state index contributed by atoms with van der Waals surface area (Å²) in [7, 11) is 1.97. The highest BCUT2D eigenvalue weighted by Crippen LogP contribution is 2.21. The van der Waals surface area contributed by atoms with Crippen molar-refractivity contribution in [1.82, 2.24) is 15.1 Å². The van der Waals surface area contributed by atoms with Crippen molar-refractivity contribution < 1.29 is 4.74 Å². The molecule has 0 saturated carbocycles. The first-order valence-corrected chi connectivity index (χ1v) is 8.28. The van der Waals surface area contributed by atoms with Crippen LogP contribution in [0.3, 0.4) is 0 Å². The molecule has 0 aliphatic carbocycles. The number of hydrogen-bond donors (Lipinski definition) is 1. The van der Waals surface area contributed by atoms with Gasteiger partial charge in [-0.2, -0.15) is 5.10 Å². The molecular formula is C20H23N3O. The molecule has 1 N–H and O–H groups in total. The topological polar surface area (TPSA) is 39.1 Å². The summed E-state index contributed by atoms with van der Waals surface area (Å²) in [5.41, 5.74) is 3.66. The summed E-state index contributed by atoms with van der Waals surface area (Å²) in [6.07, 6.45) is 3.05. The van der Waals surface area contributed by atoms with Crippen LogP contribution in [0.2, 0.25) is 0 Å². The predicted octanol–water partition coefficient (Wildman–Crippen LogP) is 4.06. The summed E-state index contributed by atoms with van der Waals surface area (Å²) in [4.78, 5) is 0. The van der Waals surface area contributed by atoms with E-state index in [9.17, 15) is 0 Å². The smallest absolute Gasteiger partial charge is 0.127 e. The second kappa shape index (κ2) is 7.79. The Morgan fingerprint density at radius 2 is 1.67 bits per heavy atom. The van der Waals surface area contributed by atoms with Crippen LogP contribution in [0.25, 0.3) is 0 Å². The van der Waals surface area contributed by atoms with Crippen LogP contribution in [-0.2, 0) is 26.6 Å². The first-order valence-electron chi connectivity index (χ1n) is 8.28. The van der Waals surface area contributed by atoms with Gasteiger partial charge in [-0.3, -0.25) is 4.68 Å². The fourth-order valence-electron chi connectivity index (χ4n) is 2.67. The first-order chi connectivity index (χ1) is 11.7. The van der Waals surface area contributed by atoms with E-state index in [0.29, 0.717) is 0 Å². The molecule has 3 aromatic rings. The van der Waals surface area contributed by atoms with Crippen LogP contribution in [0, 0.1) is 0 Å². The maximum atomic E-state index is 5.81. The van der Waals surface area contributed by atoms with Gasteiger partial charge >= 0.3 is 0 Å². The van der Waals surface area contributed by atoms with E-state index in [-0.39, 0.29) is 0 Å². The first kappa shape index (κ1) is 16.3. The lowest BCUT2D eigenvalue weighted by Crippen LogP contribution is -2.13. The van der Waals surface area contributed by atoms with E-state index in [1.54, 1.807) is 0 Å². The maximum Gasteiger partial charge on any atom is 0.127 e. The Kier molecular flexibility index (Phi) is 5.29. The number of aryl methyl sites for hydroxylation is 2. The molecule has 0 amide bonds. The van der Waals surface area contributed by atoms with Gasteiger partial charge in [-0.05, 0) is 36.2 Å². The molecule has 2 aromatic carbocycles. The Balaban J connectivity index is 1.53. The predicted molar refractivity (Wildman–Crippen MR) is 96.1 cm³/mol. The largest absolute Gasteiger partial charge is 0.457 e. The molecule has 0 radical (unpaired) electrons. The van der Waals surface area contributed by atoms with Gasteiger partial charge in [-0.25, -0.2) is 0 Å². The zero-order chi connectivity index (χ0) is 16.8. The van der Waals surface area contributed by atoms with Gasteiger partial charge in [-0.15, -0.1) is 0 Å².